The predicted molar refractivity (Wildman–Crippen MR) is 96.0 cm³/mol. The van der Waals surface area contributed by atoms with Gasteiger partial charge in [0, 0.05) is 24.2 Å². The summed E-state index contributed by atoms with van der Waals surface area (Å²) in [7, 11) is 1.29. The van der Waals surface area contributed by atoms with Gasteiger partial charge in [0.15, 0.2) is 11.6 Å². The largest absolute Gasteiger partial charge is 0.484 e. The molecule has 26 heavy (non-hydrogen) atoms. The number of rotatable bonds is 3. The van der Waals surface area contributed by atoms with Crippen molar-refractivity contribution in [2.24, 2.45) is 5.41 Å². The van der Waals surface area contributed by atoms with E-state index in [4.69, 9.17) is 19.9 Å². The molecule has 0 spiro atoms. The quantitative estimate of drug-likeness (QED) is 0.821. The zero-order chi connectivity index (χ0) is 19.7. The second-order valence-electron chi connectivity index (χ2n) is 8.05. The van der Waals surface area contributed by atoms with Crippen LogP contribution in [0.1, 0.15) is 45.0 Å². The first-order chi connectivity index (χ1) is 11.9. The Bertz CT molecular complexity index is 697. The van der Waals surface area contributed by atoms with Gasteiger partial charge in [-0.1, -0.05) is 13.8 Å². The molecule has 0 aliphatic carbocycles. The maximum absolute atomic E-state index is 12.3. The van der Waals surface area contributed by atoms with Crippen LogP contribution in [0.4, 0.5) is 10.6 Å². The number of hydrogen-bond donors (Lipinski definition) is 1. The van der Waals surface area contributed by atoms with Crippen molar-refractivity contribution in [1.29, 1.82) is 0 Å². The average Bonchev–Trinajstić information content (AvgIpc) is 2.82. The highest BCUT2D eigenvalue weighted by Gasteiger charge is 2.44. The van der Waals surface area contributed by atoms with Crippen LogP contribution in [0.2, 0.25) is 0 Å². The highest BCUT2D eigenvalue weighted by Crippen LogP contribution is 2.35. The van der Waals surface area contributed by atoms with Crippen molar-refractivity contribution in [3.05, 3.63) is 17.8 Å². The number of likely N-dealkylation sites (tertiary alicyclic amines) is 1. The zero-order valence-corrected chi connectivity index (χ0v) is 16.2. The second kappa shape index (κ2) is 7.01. The smallest absolute Gasteiger partial charge is 0.410 e. The third-order valence-corrected chi connectivity index (χ3v) is 4.08. The molecule has 1 saturated heterocycles. The number of amides is 1. The fourth-order valence-corrected chi connectivity index (χ4v) is 2.70. The molecule has 0 saturated carbocycles. The topological polar surface area (TPSA) is 104 Å². The summed E-state index contributed by atoms with van der Waals surface area (Å²) in [6.45, 7) is 10.3. The van der Waals surface area contributed by atoms with Crippen molar-refractivity contribution in [3.8, 4) is 5.75 Å². The molecule has 0 radical (unpaired) electrons. The van der Waals surface area contributed by atoms with E-state index in [1.807, 2.05) is 34.6 Å². The summed E-state index contributed by atoms with van der Waals surface area (Å²) in [6, 6.07) is 1.50. The normalized spacial score (nSPS) is 19.2. The minimum atomic E-state index is -0.566. The highest BCUT2D eigenvalue weighted by molar-refractivity contribution is 5.89. The molecule has 2 rings (SSSR count). The molecule has 1 aliphatic heterocycles. The Kier molecular flexibility index (Phi) is 5.34. The number of esters is 1. The number of carbonyl (C=O) groups is 2. The third-order valence-electron chi connectivity index (χ3n) is 4.08. The molecule has 1 aliphatic rings. The molecule has 2 heterocycles. The van der Waals surface area contributed by atoms with E-state index < -0.39 is 11.6 Å². The number of hydrogen-bond acceptors (Lipinski definition) is 7. The van der Waals surface area contributed by atoms with Crippen LogP contribution in [0, 0.1) is 5.41 Å². The maximum Gasteiger partial charge on any atom is 0.410 e. The first-order valence-electron chi connectivity index (χ1n) is 8.41. The van der Waals surface area contributed by atoms with Gasteiger partial charge < -0.3 is 24.8 Å². The van der Waals surface area contributed by atoms with Crippen LogP contribution in [0.5, 0.6) is 5.75 Å². The standard InChI is InChI=1S/C18H27N3O5/c1-17(2,3)26-16(23)21-9-13(18(4,5)10-21)25-12-7-11(15(22)24-6)8-20-14(12)19/h7-8,13H,9-10H2,1-6H3,(H2,19,20)/t13-/m0/s1. The molecule has 0 aromatic carbocycles. The molecular weight excluding hydrogens is 338 g/mol. The predicted octanol–water partition coefficient (Wildman–Crippen LogP) is 2.47. The summed E-state index contributed by atoms with van der Waals surface area (Å²) in [5.41, 5.74) is 5.23. The van der Waals surface area contributed by atoms with E-state index in [0.717, 1.165) is 0 Å². The van der Waals surface area contributed by atoms with Gasteiger partial charge in [0.05, 0.1) is 19.2 Å². The highest BCUT2D eigenvalue weighted by atomic mass is 16.6. The summed E-state index contributed by atoms with van der Waals surface area (Å²) >= 11 is 0. The lowest BCUT2D eigenvalue weighted by Crippen LogP contribution is -2.36. The Hall–Kier alpha value is -2.51. The molecule has 0 unspecified atom stereocenters. The molecule has 8 heteroatoms. The number of pyridine rings is 1. The van der Waals surface area contributed by atoms with Gasteiger partial charge in [0.25, 0.3) is 0 Å². The van der Waals surface area contributed by atoms with Crippen LogP contribution in [0.15, 0.2) is 12.3 Å². The number of nitrogens with two attached hydrogens (primary N) is 1. The van der Waals surface area contributed by atoms with E-state index in [9.17, 15) is 9.59 Å². The van der Waals surface area contributed by atoms with Crippen molar-refractivity contribution < 1.29 is 23.8 Å². The van der Waals surface area contributed by atoms with E-state index in [1.54, 1.807) is 4.90 Å². The van der Waals surface area contributed by atoms with Crippen LogP contribution in [0.25, 0.3) is 0 Å². The van der Waals surface area contributed by atoms with Gasteiger partial charge in [-0.15, -0.1) is 0 Å². The lowest BCUT2D eigenvalue weighted by molar-refractivity contribution is 0.0272. The Labute approximate surface area is 153 Å². The summed E-state index contributed by atoms with van der Waals surface area (Å²) < 4.78 is 16.2. The van der Waals surface area contributed by atoms with Gasteiger partial charge in [-0.3, -0.25) is 0 Å². The van der Waals surface area contributed by atoms with E-state index in [0.29, 0.717) is 13.1 Å². The van der Waals surface area contributed by atoms with Gasteiger partial charge in [-0.05, 0) is 20.8 Å². The number of ether oxygens (including phenoxy) is 3. The molecule has 1 aromatic heterocycles. The lowest BCUT2D eigenvalue weighted by atomic mass is 9.90. The van der Waals surface area contributed by atoms with Crippen molar-refractivity contribution in [1.82, 2.24) is 9.88 Å². The fourth-order valence-electron chi connectivity index (χ4n) is 2.70. The number of methoxy groups -OCH3 is 1. The molecule has 0 bridgehead atoms. The maximum atomic E-state index is 12.3. The summed E-state index contributed by atoms with van der Waals surface area (Å²) in [5.74, 6) is -0.0652. The third kappa shape index (κ3) is 4.56. The minimum absolute atomic E-state index is 0.171. The Morgan fingerprint density at radius 2 is 2.00 bits per heavy atom. The minimum Gasteiger partial charge on any atom is -0.484 e. The zero-order valence-electron chi connectivity index (χ0n) is 16.2. The van der Waals surface area contributed by atoms with E-state index in [2.05, 4.69) is 4.98 Å². The van der Waals surface area contributed by atoms with Crippen molar-refractivity contribution in [3.63, 3.8) is 0 Å². The van der Waals surface area contributed by atoms with E-state index in [1.165, 1.54) is 19.4 Å². The lowest BCUT2D eigenvalue weighted by Gasteiger charge is -2.26. The molecule has 144 valence electrons. The molecule has 1 fully saturated rings. The SMILES string of the molecule is COC(=O)c1cnc(N)c(O[C@H]2CN(C(=O)OC(C)(C)C)CC2(C)C)c1. The van der Waals surface area contributed by atoms with Crippen molar-refractivity contribution >= 4 is 17.9 Å². The molecule has 1 atom stereocenters. The number of aromatic nitrogens is 1. The number of carbonyl (C=O) groups excluding carboxylic acids is 2. The van der Waals surface area contributed by atoms with Crippen LogP contribution in [-0.4, -0.2) is 53.9 Å². The van der Waals surface area contributed by atoms with Gasteiger partial charge in [0.2, 0.25) is 0 Å². The van der Waals surface area contributed by atoms with Crippen molar-refractivity contribution in [2.75, 3.05) is 25.9 Å². The Morgan fingerprint density at radius 3 is 2.58 bits per heavy atom. The number of nitrogens with zero attached hydrogens (tertiary/aromatic N) is 2. The van der Waals surface area contributed by atoms with Crippen LogP contribution in [0.3, 0.4) is 0 Å². The van der Waals surface area contributed by atoms with Crippen LogP contribution < -0.4 is 10.5 Å². The van der Waals surface area contributed by atoms with Crippen LogP contribution >= 0.6 is 0 Å². The molecule has 1 amide bonds. The Balaban J connectivity index is 2.16. The molecule has 8 nitrogen and oxygen atoms in total. The summed E-state index contributed by atoms with van der Waals surface area (Å²) in [4.78, 5) is 29.6. The first-order valence-corrected chi connectivity index (χ1v) is 8.41. The second-order valence-corrected chi connectivity index (χ2v) is 8.05. The summed E-state index contributed by atoms with van der Waals surface area (Å²) in [6.07, 6.45) is 0.624. The van der Waals surface area contributed by atoms with Gasteiger partial charge >= 0.3 is 12.1 Å². The molecule has 1 aromatic rings. The first kappa shape index (κ1) is 19.8. The van der Waals surface area contributed by atoms with E-state index >= 15 is 0 Å². The van der Waals surface area contributed by atoms with Gasteiger partial charge in [0.1, 0.15) is 11.7 Å². The number of anilines is 1. The van der Waals surface area contributed by atoms with E-state index in [-0.39, 0.29) is 34.7 Å². The number of nitrogen functional groups attached to an aromatic ring is 1. The van der Waals surface area contributed by atoms with Gasteiger partial charge in [-0.2, -0.15) is 0 Å². The van der Waals surface area contributed by atoms with Gasteiger partial charge in [-0.25, -0.2) is 14.6 Å². The average molecular weight is 365 g/mol. The molecular formula is C18H27N3O5. The monoisotopic (exact) mass is 365 g/mol. The van der Waals surface area contributed by atoms with Crippen molar-refractivity contribution in [2.45, 2.75) is 46.3 Å². The Morgan fingerprint density at radius 1 is 1.35 bits per heavy atom. The summed E-state index contributed by atoms with van der Waals surface area (Å²) in [5, 5.41) is 0. The van der Waals surface area contributed by atoms with Crippen LogP contribution in [-0.2, 0) is 9.47 Å². The fraction of sp³-hybridized carbons (Fsp3) is 0.611. The molecule has 2 N–H and O–H groups in total.